The molecule has 1 aliphatic rings. The topological polar surface area (TPSA) is 51.2 Å². The maximum absolute atomic E-state index is 12.0. The zero-order valence-electron chi connectivity index (χ0n) is 11.0. The van der Waals surface area contributed by atoms with Crippen LogP contribution in [0.4, 0.5) is 0 Å². The van der Waals surface area contributed by atoms with Crippen LogP contribution in [0.3, 0.4) is 0 Å². The van der Waals surface area contributed by atoms with E-state index in [0.29, 0.717) is 12.1 Å². The molecule has 1 N–H and O–H groups in total. The van der Waals surface area contributed by atoms with Gasteiger partial charge in [-0.2, -0.15) is 11.3 Å². The zero-order valence-corrected chi connectivity index (χ0v) is 11.9. The van der Waals surface area contributed by atoms with Crippen LogP contribution >= 0.6 is 11.3 Å². The largest absolute Gasteiger partial charge is 0.376 e. The summed E-state index contributed by atoms with van der Waals surface area (Å²) in [5.41, 5.74) is 2.56. The Hall–Kier alpha value is -1.72. The van der Waals surface area contributed by atoms with Gasteiger partial charge in [0.1, 0.15) is 0 Å². The van der Waals surface area contributed by atoms with Gasteiger partial charge in [-0.3, -0.25) is 9.78 Å². The maximum Gasteiger partial charge on any atom is 0.252 e. The average Bonchev–Trinajstić information content (AvgIpc) is 3.18. The lowest BCUT2D eigenvalue weighted by molar-refractivity contribution is 0.0857. The van der Waals surface area contributed by atoms with Gasteiger partial charge in [-0.25, -0.2) is 0 Å². The van der Waals surface area contributed by atoms with Gasteiger partial charge in [-0.05, 0) is 36.4 Å². The third-order valence-electron chi connectivity index (χ3n) is 3.36. The van der Waals surface area contributed by atoms with E-state index in [1.807, 2.05) is 29.0 Å². The molecule has 0 aromatic carbocycles. The van der Waals surface area contributed by atoms with Crippen molar-refractivity contribution < 1.29 is 9.53 Å². The van der Waals surface area contributed by atoms with Gasteiger partial charge in [0, 0.05) is 30.3 Å². The second-order valence-corrected chi connectivity index (χ2v) is 5.57. The standard InChI is InChI=1S/C15H16N2O2S/c18-15(17-9-13-2-1-6-19-13)11-3-4-14(16-8-11)12-5-7-20-10-12/h3-5,7-8,10,13H,1-2,6,9H2,(H,17,18)/t13-/m1/s1. The number of ether oxygens (including phenoxy) is 1. The van der Waals surface area contributed by atoms with Gasteiger partial charge < -0.3 is 10.1 Å². The van der Waals surface area contributed by atoms with E-state index in [-0.39, 0.29) is 12.0 Å². The Morgan fingerprint density at radius 1 is 1.45 bits per heavy atom. The maximum atomic E-state index is 12.0. The lowest BCUT2D eigenvalue weighted by Crippen LogP contribution is -2.31. The SMILES string of the molecule is O=C(NC[C@H]1CCCO1)c1ccc(-c2ccsc2)nc1. The molecule has 5 heteroatoms. The molecule has 2 aromatic heterocycles. The minimum Gasteiger partial charge on any atom is -0.376 e. The highest BCUT2D eigenvalue weighted by Crippen LogP contribution is 2.19. The molecule has 1 atom stereocenters. The average molecular weight is 288 g/mol. The predicted octanol–water partition coefficient (Wildman–Crippen LogP) is 2.72. The van der Waals surface area contributed by atoms with Gasteiger partial charge in [0.25, 0.3) is 5.91 Å². The van der Waals surface area contributed by atoms with Crippen LogP contribution in [0.15, 0.2) is 35.2 Å². The van der Waals surface area contributed by atoms with Crippen LogP contribution in [0, 0.1) is 0 Å². The van der Waals surface area contributed by atoms with Crippen molar-refractivity contribution in [3.8, 4) is 11.3 Å². The number of hydrogen-bond donors (Lipinski definition) is 1. The normalized spacial score (nSPS) is 18.1. The van der Waals surface area contributed by atoms with Crippen LogP contribution in [0.5, 0.6) is 0 Å². The second-order valence-electron chi connectivity index (χ2n) is 4.79. The summed E-state index contributed by atoms with van der Waals surface area (Å²) in [5.74, 6) is -0.0927. The number of rotatable bonds is 4. The summed E-state index contributed by atoms with van der Waals surface area (Å²) < 4.78 is 5.48. The lowest BCUT2D eigenvalue weighted by Gasteiger charge is -2.10. The molecule has 0 aliphatic carbocycles. The zero-order chi connectivity index (χ0) is 13.8. The molecule has 1 aliphatic heterocycles. The highest BCUT2D eigenvalue weighted by atomic mass is 32.1. The van der Waals surface area contributed by atoms with E-state index in [9.17, 15) is 4.79 Å². The van der Waals surface area contributed by atoms with Gasteiger partial charge >= 0.3 is 0 Å². The van der Waals surface area contributed by atoms with Gasteiger partial charge in [0.05, 0.1) is 17.4 Å². The number of thiophene rings is 1. The van der Waals surface area contributed by atoms with Gasteiger partial charge in [-0.1, -0.05) is 0 Å². The Balaban J connectivity index is 1.60. The van der Waals surface area contributed by atoms with Gasteiger partial charge in [0.2, 0.25) is 0 Å². The molecule has 4 nitrogen and oxygen atoms in total. The summed E-state index contributed by atoms with van der Waals surface area (Å²) in [5, 5.41) is 6.95. The van der Waals surface area contributed by atoms with E-state index >= 15 is 0 Å². The molecule has 1 saturated heterocycles. The van der Waals surface area contributed by atoms with Crippen LogP contribution < -0.4 is 5.32 Å². The number of aromatic nitrogens is 1. The highest BCUT2D eigenvalue weighted by Gasteiger charge is 2.16. The van der Waals surface area contributed by atoms with E-state index in [1.54, 1.807) is 17.5 Å². The van der Waals surface area contributed by atoms with Crippen molar-refractivity contribution in [2.45, 2.75) is 18.9 Å². The second kappa shape index (κ2) is 6.15. The van der Waals surface area contributed by atoms with Crippen LogP contribution in [0.25, 0.3) is 11.3 Å². The Kier molecular flexibility index (Phi) is 4.08. The molecule has 3 heterocycles. The molecule has 1 fully saturated rings. The molecule has 1 amide bonds. The molecule has 0 saturated carbocycles. The Morgan fingerprint density at radius 2 is 2.40 bits per heavy atom. The number of nitrogens with one attached hydrogen (secondary N) is 1. The van der Waals surface area contributed by atoms with E-state index in [1.165, 1.54) is 0 Å². The molecule has 20 heavy (non-hydrogen) atoms. The third kappa shape index (κ3) is 3.05. The first-order valence-electron chi connectivity index (χ1n) is 6.71. The first-order chi connectivity index (χ1) is 9.83. The van der Waals surface area contributed by atoms with Crippen molar-refractivity contribution in [1.29, 1.82) is 0 Å². The number of nitrogens with zero attached hydrogens (tertiary/aromatic N) is 1. The first kappa shape index (κ1) is 13.3. The van der Waals surface area contributed by atoms with Crippen LogP contribution in [0.2, 0.25) is 0 Å². The van der Waals surface area contributed by atoms with Crippen molar-refractivity contribution >= 4 is 17.2 Å². The van der Waals surface area contributed by atoms with E-state index in [4.69, 9.17) is 4.74 Å². The Labute approximate surface area is 121 Å². The van der Waals surface area contributed by atoms with Crippen molar-refractivity contribution in [3.05, 3.63) is 40.7 Å². The summed E-state index contributed by atoms with van der Waals surface area (Å²) in [4.78, 5) is 16.3. The Morgan fingerprint density at radius 3 is 3.05 bits per heavy atom. The van der Waals surface area contributed by atoms with Crippen LogP contribution in [0.1, 0.15) is 23.2 Å². The quantitative estimate of drug-likeness (QED) is 0.941. The van der Waals surface area contributed by atoms with Crippen molar-refractivity contribution in [1.82, 2.24) is 10.3 Å². The molecule has 0 unspecified atom stereocenters. The fourth-order valence-electron chi connectivity index (χ4n) is 2.22. The minimum atomic E-state index is -0.0927. The van der Waals surface area contributed by atoms with Gasteiger partial charge in [-0.15, -0.1) is 0 Å². The summed E-state index contributed by atoms with van der Waals surface area (Å²) in [6, 6.07) is 5.71. The number of amides is 1. The van der Waals surface area contributed by atoms with E-state index in [2.05, 4.69) is 10.3 Å². The van der Waals surface area contributed by atoms with E-state index in [0.717, 1.165) is 30.7 Å². The molecule has 0 spiro atoms. The molecule has 104 valence electrons. The smallest absolute Gasteiger partial charge is 0.252 e. The monoisotopic (exact) mass is 288 g/mol. The Bertz CT molecular complexity index is 560. The fourth-order valence-corrected chi connectivity index (χ4v) is 2.87. The van der Waals surface area contributed by atoms with Gasteiger partial charge in [0.15, 0.2) is 0 Å². The molecular weight excluding hydrogens is 272 g/mol. The summed E-state index contributed by atoms with van der Waals surface area (Å²) in [7, 11) is 0. The predicted molar refractivity (Wildman–Crippen MR) is 78.9 cm³/mol. The molecule has 2 aromatic rings. The van der Waals surface area contributed by atoms with Crippen LogP contribution in [-0.2, 0) is 4.74 Å². The molecule has 3 rings (SSSR count). The van der Waals surface area contributed by atoms with Crippen LogP contribution in [-0.4, -0.2) is 30.1 Å². The third-order valence-corrected chi connectivity index (χ3v) is 4.04. The molecular formula is C15H16N2O2S. The van der Waals surface area contributed by atoms with Crippen molar-refractivity contribution in [2.24, 2.45) is 0 Å². The first-order valence-corrected chi connectivity index (χ1v) is 7.65. The number of pyridine rings is 1. The van der Waals surface area contributed by atoms with Crippen molar-refractivity contribution in [2.75, 3.05) is 13.2 Å². The number of hydrogen-bond acceptors (Lipinski definition) is 4. The fraction of sp³-hybridized carbons (Fsp3) is 0.333. The summed E-state index contributed by atoms with van der Waals surface area (Å²) in [6.07, 6.45) is 3.89. The summed E-state index contributed by atoms with van der Waals surface area (Å²) in [6.45, 7) is 1.38. The van der Waals surface area contributed by atoms with E-state index < -0.39 is 0 Å². The number of carbonyl (C=O) groups is 1. The molecule has 0 radical (unpaired) electrons. The number of carbonyl (C=O) groups excluding carboxylic acids is 1. The minimum absolute atomic E-state index is 0.0927. The lowest BCUT2D eigenvalue weighted by atomic mass is 10.2. The molecule has 0 bridgehead atoms. The summed E-state index contributed by atoms with van der Waals surface area (Å²) >= 11 is 1.63. The van der Waals surface area contributed by atoms with Crippen molar-refractivity contribution in [3.63, 3.8) is 0 Å². The highest BCUT2D eigenvalue weighted by molar-refractivity contribution is 7.08.